The summed E-state index contributed by atoms with van der Waals surface area (Å²) in [6.45, 7) is 6.32. The zero-order valence-corrected chi connectivity index (χ0v) is 12.4. The number of anilines is 2. The molecule has 1 aliphatic heterocycles. The van der Waals surface area contributed by atoms with Crippen LogP contribution in [0, 0.1) is 0 Å². The first-order chi connectivity index (χ1) is 9.74. The van der Waals surface area contributed by atoms with E-state index in [0.29, 0.717) is 30.9 Å². The van der Waals surface area contributed by atoms with Crippen molar-refractivity contribution in [3.05, 3.63) is 11.9 Å². The summed E-state index contributed by atoms with van der Waals surface area (Å²) in [5.74, 6) is 7.77. The molecule has 0 amide bonds. The quantitative estimate of drug-likeness (QED) is 0.635. The normalized spacial score (nSPS) is 19.8. The van der Waals surface area contributed by atoms with Gasteiger partial charge in [0.2, 0.25) is 0 Å². The molecule has 112 valence electrons. The molecule has 1 unspecified atom stereocenters. The highest BCUT2D eigenvalue weighted by atomic mass is 16.5. The highest BCUT2D eigenvalue weighted by Crippen LogP contribution is 2.24. The molecule has 2 heterocycles. The predicted molar refractivity (Wildman–Crippen MR) is 80.4 cm³/mol. The van der Waals surface area contributed by atoms with Crippen LogP contribution in [0.4, 0.5) is 11.6 Å². The number of nitrogens with two attached hydrogens (primary N) is 1. The molecule has 1 aliphatic rings. The minimum absolute atomic E-state index is 0.418. The molecule has 0 aliphatic carbocycles. The van der Waals surface area contributed by atoms with Gasteiger partial charge in [0.05, 0.1) is 0 Å². The Morgan fingerprint density at radius 1 is 1.40 bits per heavy atom. The molecular weight excluding hydrogens is 254 g/mol. The van der Waals surface area contributed by atoms with Crippen molar-refractivity contribution in [2.45, 2.75) is 52.2 Å². The lowest BCUT2D eigenvalue weighted by atomic mass is 10.1. The molecule has 6 nitrogen and oxygen atoms in total. The Labute approximate surface area is 120 Å². The summed E-state index contributed by atoms with van der Waals surface area (Å²) < 4.78 is 5.40. The molecule has 0 spiro atoms. The minimum atomic E-state index is 0.418. The summed E-state index contributed by atoms with van der Waals surface area (Å²) in [5, 5.41) is 0. The molecule has 0 saturated carbocycles. The van der Waals surface area contributed by atoms with Gasteiger partial charge in [0, 0.05) is 25.3 Å². The second-order valence-electron chi connectivity index (χ2n) is 5.20. The molecule has 0 radical (unpaired) electrons. The highest BCUT2D eigenvalue weighted by Gasteiger charge is 2.19. The monoisotopic (exact) mass is 279 g/mol. The first-order valence-electron chi connectivity index (χ1n) is 7.43. The van der Waals surface area contributed by atoms with E-state index in [1.807, 2.05) is 13.0 Å². The summed E-state index contributed by atoms with van der Waals surface area (Å²) in [6.07, 6.45) is 4.99. The Kier molecular flexibility index (Phi) is 5.55. The Hall–Kier alpha value is -1.40. The summed E-state index contributed by atoms with van der Waals surface area (Å²) in [7, 11) is 0. The summed E-state index contributed by atoms with van der Waals surface area (Å²) in [4.78, 5) is 11.3. The molecule has 20 heavy (non-hydrogen) atoms. The van der Waals surface area contributed by atoms with Gasteiger partial charge in [-0.05, 0) is 26.7 Å². The van der Waals surface area contributed by atoms with E-state index in [-0.39, 0.29) is 0 Å². The lowest BCUT2D eigenvalue weighted by Gasteiger charge is -2.28. The molecule has 0 bridgehead atoms. The van der Waals surface area contributed by atoms with Gasteiger partial charge in [-0.25, -0.2) is 15.8 Å². The fourth-order valence-electron chi connectivity index (χ4n) is 2.58. The summed E-state index contributed by atoms with van der Waals surface area (Å²) >= 11 is 0. The number of hydrazine groups is 1. The number of rotatable bonds is 5. The van der Waals surface area contributed by atoms with Crippen LogP contribution in [-0.4, -0.2) is 29.2 Å². The molecule has 0 aromatic carbocycles. The van der Waals surface area contributed by atoms with Crippen molar-refractivity contribution in [2.24, 2.45) is 5.84 Å². The molecule has 1 aromatic heterocycles. The van der Waals surface area contributed by atoms with Gasteiger partial charge < -0.3 is 15.1 Å². The lowest BCUT2D eigenvalue weighted by molar-refractivity contribution is 0.128. The van der Waals surface area contributed by atoms with E-state index in [4.69, 9.17) is 10.6 Å². The van der Waals surface area contributed by atoms with Crippen molar-refractivity contribution in [3.63, 3.8) is 0 Å². The van der Waals surface area contributed by atoms with Crippen LogP contribution in [0.15, 0.2) is 6.07 Å². The van der Waals surface area contributed by atoms with Gasteiger partial charge in [0.25, 0.3) is 0 Å². The van der Waals surface area contributed by atoms with Gasteiger partial charge in [-0.1, -0.05) is 12.8 Å². The molecule has 2 rings (SSSR count). The van der Waals surface area contributed by atoms with Gasteiger partial charge in [-0.2, -0.15) is 0 Å². The van der Waals surface area contributed by atoms with Crippen LogP contribution in [-0.2, 0) is 11.3 Å². The second kappa shape index (κ2) is 7.40. The average Bonchev–Trinajstić information content (AvgIpc) is 2.69. The molecule has 1 aromatic rings. The maximum absolute atomic E-state index is 5.51. The average molecular weight is 279 g/mol. The lowest BCUT2D eigenvalue weighted by Crippen LogP contribution is -2.33. The van der Waals surface area contributed by atoms with Gasteiger partial charge in [0.15, 0.2) is 5.82 Å². The number of nitrogens with zero attached hydrogens (tertiary/aromatic N) is 3. The Bertz CT molecular complexity index is 426. The van der Waals surface area contributed by atoms with E-state index in [1.165, 1.54) is 25.7 Å². The van der Waals surface area contributed by atoms with Crippen molar-refractivity contribution < 1.29 is 4.74 Å². The van der Waals surface area contributed by atoms with Crippen LogP contribution in [0.3, 0.4) is 0 Å². The van der Waals surface area contributed by atoms with E-state index < -0.39 is 0 Å². The van der Waals surface area contributed by atoms with E-state index in [9.17, 15) is 0 Å². The molecule has 6 heteroatoms. The van der Waals surface area contributed by atoms with Crippen LogP contribution >= 0.6 is 0 Å². The maximum Gasteiger partial charge on any atom is 0.158 e. The van der Waals surface area contributed by atoms with E-state index >= 15 is 0 Å². The van der Waals surface area contributed by atoms with Crippen molar-refractivity contribution in [2.75, 3.05) is 23.5 Å². The third kappa shape index (κ3) is 3.80. The minimum Gasteiger partial charge on any atom is -0.374 e. The van der Waals surface area contributed by atoms with Crippen LogP contribution in [0.25, 0.3) is 0 Å². The van der Waals surface area contributed by atoms with Crippen molar-refractivity contribution in [1.82, 2.24) is 9.97 Å². The number of hydrogen-bond donors (Lipinski definition) is 2. The van der Waals surface area contributed by atoms with Gasteiger partial charge in [0.1, 0.15) is 18.2 Å². The van der Waals surface area contributed by atoms with Crippen LogP contribution in [0.5, 0.6) is 0 Å². The first kappa shape index (κ1) is 15.0. The first-order valence-corrected chi connectivity index (χ1v) is 7.43. The van der Waals surface area contributed by atoms with Gasteiger partial charge >= 0.3 is 0 Å². The number of nitrogens with one attached hydrogen (secondary N) is 1. The molecule has 3 N–H and O–H groups in total. The summed E-state index contributed by atoms with van der Waals surface area (Å²) in [5.41, 5.74) is 2.62. The van der Waals surface area contributed by atoms with Crippen molar-refractivity contribution in [3.8, 4) is 0 Å². The number of aromatic nitrogens is 2. The molecule has 1 fully saturated rings. The van der Waals surface area contributed by atoms with Crippen LogP contribution < -0.4 is 16.2 Å². The third-order valence-electron chi connectivity index (χ3n) is 3.69. The Morgan fingerprint density at radius 3 is 3.00 bits per heavy atom. The standard InChI is InChI=1S/C14H25N5O/c1-3-20-10-13-16-12(18-15)9-14(17-13)19-8-6-4-5-7-11(19)2/h9,11H,3-8,10,15H2,1-2H3,(H,16,17,18). The topological polar surface area (TPSA) is 76.3 Å². The SMILES string of the molecule is CCOCc1nc(NN)cc(N2CCCCCC2C)n1. The molecule has 1 atom stereocenters. The van der Waals surface area contributed by atoms with Crippen molar-refractivity contribution in [1.29, 1.82) is 0 Å². The Morgan fingerprint density at radius 2 is 2.25 bits per heavy atom. The number of nitrogen functional groups attached to an aromatic ring is 1. The third-order valence-corrected chi connectivity index (χ3v) is 3.69. The second-order valence-corrected chi connectivity index (χ2v) is 5.20. The van der Waals surface area contributed by atoms with E-state index in [2.05, 4.69) is 27.2 Å². The smallest absolute Gasteiger partial charge is 0.158 e. The van der Waals surface area contributed by atoms with Gasteiger partial charge in [-0.15, -0.1) is 0 Å². The number of hydrogen-bond acceptors (Lipinski definition) is 6. The fourth-order valence-corrected chi connectivity index (χ4v) is 2.58. The van der Waals surface area contributed by atoms with E-state index in [0.717, 1.165) is 12.4 Å². The zero-order chi connectivity index (χ0) is 14.4. The van der Waals surface area contributed by atoms with Crippen molar-refractivity contribution >= 4 is 11.6 Å². The number of ether oxygens (including phenoxy) is 1. The maximum atomic E-state index is 5.51. The zero-order valence-electron chi connectivity index (χ0n) is 12.4. The fraction of sp³-hybridized carbons (Fsp3) is 0.714. The molecular formula is C14H25N5O. The summed E-state index contributed by atoms with van der Waals surface area (Å²) in [6, 6.07) is 2.41. The highest BCUT2D eigenvalue weighted by molar-refractivity contribution is 5.49. The van der Waals surface area contributed by atoms with Gasteiger partial charge in [-0.3, -0.25) is 0 Å². The largest absolute Gasteiger partial charge is 0.374 e. The van der Waals surface area contributed by atoms with Crippen LogP contribution in [0.1, 0.15) is 45.4 Å². The predicted octanol–water partition coefficient (Wildman–Crippen LogP) is 2.07. The molecule has 1 saturated heterocycles. The Balaban J connectivity index is 2.23. The van der Waals surface area contributed by atoms with Crippen LogP contribution in [0.2, 0.25) is 0 Å². The van der Waals surface area contributed by atoms with E-state index in [1.54, 1.807) is 0 Å².